The lowest BCUT2D eigenvalue weighted by molar-refractivity contribution is -0.137. The summed E-state index contributed by atoms with van der Waals surface area (Å²) >= 11 is 0. The first-order chi connectivity index (χ1) is 13.3. The van der Waals surface area contributed by atoms with E-state index in [0.717, 1.165) is 19.3 Å². The zero-order valence-corrected chi connectivity index (χ0v) is 16.0. The van der Waals surface area contributed by atoms with Gasteiger partial charge in [0.15, 0.2) is 0 Å². The third-order valence-corrected chi connectivity index (χ3v) is 5.34. The van der Waals surface area contributed by atoms with Crippen LogP contribution in [-0.4, -0.2) is 45.7 Å². The molecule has 1 aromatic carbocycles. The minimum atomic E-state index is -3.32. The fourth-order valence-corrected chi connectivity index (χ4v) is 3.70. The van der Waals surface area contributed by atoms with Gasteiger partial charge >= 0.3 is 5.97 Å². The van der Waals surface area contributed by atoms with Crippen molar-refractivity contribution in [3.63, 3.8) is 0 Å². The van der Waals surface area contributed by atoms with Crippen LogP contribution in [0.4, 0.5) is 8.78 Å². The molecule has 0 radical (unpaired) electrons. The number of aliphatic hydroxyl groups excluding tert-OH is 1. The number of nitrogens with zero attached hydrogens (tertiary/aromatic N) is 1. The largest absolute Gasteiger partial charge is 0.481 e. The van der Waals surface area contributed by atoms with E-state index in [0.29, 0.717) is 32.2 Å². The second-order valence-corrected chi connectivity index (χ2v) is 7.42. The number of hydrogen-bond acceptors (Lipinski definition) is 3. The molecule has 0 unspecified atom stereocenters. The van der Waals surface area contributed by atoms with Crippen molar-refractivity contribution in [3.05, 3.63) is 35.9 Å². The maximum Gasteiger partial charge on any atom is 0.303 e. The molecule has 2 N–H and O–H groups in total. The number of amides is 1. The molecule has 0 spiro atoms. The maximum atomic E-state index is 14.4. The highest BCUT2D eigenvalue weighted by molar-refractivity contribution is 5.78. The highest BCUT2D eigenvalue weighted by Gasteiger charge is 2.41. The highest BCUT2D eigenvalue weighted by Crippen LogP contribution is 2.35. The molecular weight excluding hydrogens is 368 g/mol. The summed E-state index contributed by atoms with van der Waals surface area (Å²) in [5, 5.41) is 18.7. The van der Waals surface area contributed by atoms with Crippen LogP contribution >= 0.6 is 0 Å². The summed E-state index contributed by atoms with van der Waals surface area (Å²) in [5.74, 6) is -4.10. The number of carboxylic acid groups (broad SMARTS) is 1. The van der Waals surface area contributed by atoms with Gasteiger partial charge in [0.25, 0.3) is 5.92 Å². The van der Waals surface area contributed by atoms with E-state index in [1.807, 2.05) is 0 Å². The monoisotopic (exact) mass is 397 g/mol. The molecule has 7 heteroatoms. The van der Waals surface area contributed by atoms with Gasteiger partial charge in [-0.3, -0.25) is 9.59 Å². The predicted octanol–water partition coefficient (Wildman–Crippen LogP) is 3.95. The first-order valence-corrected chi connectivity index (χ1v) is 9.95. The summed E-state index contributed by atoms with van der Waals surface area (Å²) < 4.78 is 28.8. The van der Waals surface area contributed by atoms with Gasteiger partial charge in [-0.05, 0) is 32.1 Å². The summed E-state index contributed by atoms with van der Waals surface area (Å²) in [4.78, 5) is 24.3. The van der Waals surface area contributed by atoms with Crippen molar-refractivity contribution in [2.24, 2.45) is 0 Å². The first-order valence-electron chi connectivity index (χ1n) is 9.95. The molecule has 28 heavy (non-hydrogen) atoms. The Kier molecular flexibility index (Phi) is 8.35. The molecule has 1 aliphatic heterocycles. The van der Waals surface area contributed by atoms with Gasteiger partial charge in [-0.1, -0.05) is 43.2 Å². The number of rotatable bonds is 12. The van der Waals surface area contributed by atoms with Crippen molar-refractivity contribution in [1.82, 2.24) is 4.90 Å². The van der Waals surface area contributed by atoms with E-state index in [1.54, 1.807) is 11.0 Å². The minimum Gasteiger partial charge on any atom is -0.481 e. The van der Waals surface area contributed by atoms with Crippen LogP contribution in [0.2, 0.25) is 0 Å². The molecule has 1 heterocycles. The Balaban J connectivity index is 1.78. The predicted molar refractivity (Wildman–Crippen MR) is 101 cm³/mol. The number of aliphatic hydroxyl groups is 1. The number of halogens is 2. The smallest absolute Gasteiger partial charge is 0.303 e. The van der Waals surface area contributed by atoms with Crippen molar-refractivity contribution < 1.29 is 28.6 Å². The average Bonchev–Trinajstić information content (AvgIpc) is 3.02. The van der Waals surface area contributed by atoms with Crippen molar-refractivity contribution >= 4 is 11.9 Å². The normalized spacial score (nSPS) is 18.5. The fraction of sp³-hybridized carbons (Fsp3) is 0.619. The molecular formula is C21H29F2NO4. The van der Waals surface area contributed by atoms with Crippen LogP contribution in [-0.2, 0) is 15.5 Å². The van der Waals surface area contributed by atoms with Gasteiger partial charge in [0.2, 0.25) is 5.91 Å². The summed E-state index contributed by atoms with van der Waals surface area (Å²) in [5.41, 5.74) is -0.205. The average molecular weight is 397 g/mol. The lowest BCUT2D eigenvalue weighted by Crippen LogP contribution is -2.36. The molecule has 1 amide bonds. The van der Waals surface area contributed by atoms with Crippen LogP contribution in [0.5, 0.6) is 0 Å². The quantitative estimate of drug-likeness (QED) is 0.524. The van der Waals surface area contributed by atoms with Crippen LogP contribution < -0.4 is 0 Å². The molecule has 0 bridgehead atoms. The summed E-state index contributed by atoms with van der Waals surface area (Å²) in [6, 6.07) is 7.18. The van der Waals surface area contributed by atoms with Crippen LogP contribution in [0.3, 0.4) is 0 Å². The van der Waals surface area contributed by atoms with E-state index in [9.17, 15) is 23.5 Å². The Labute approximate surface area is 164 Å². The Morgan fingerprint density at radius 3 is 2.54 bits per heavy atom. The molecule has 1 aliphatic rings. The van der Waals surface area contributed by atoms with Gasteiger partial charge in [0.1, 0.15) is 6.10 Å². The standard InChI is InChI=1S/C21H29F2NO4/c22-21(23,16-8-4-3-5-9-16)18(25)13-11-17-12-14-19(26)24(17)15-7-2-1-6-10-20(27)28/h3-5,8-9,17-18,25H,1-2,6-7,10-15H2,(H,27,28)/t17-,18+/m0/s1. The number of likely N-dealkylation sites (tertiary alicyclic amines) is 1. The molecule has 156 valence electrons. The first kappa shape index (κ1) is 22.3. The third kappa shape index (κ3) is 6.26. The van der Waals surface area contributed by atoms with Crippen LogP contribution in [0.15, 0.2) is 30.3 Å². The molecule has 0 saturated carbocycles. The maximum absolute atomic E-state index is 14.4. The van der Waals surface area contributed by atoms with Gasteiger partial charge in [0.05, 0.1) is 0 Å². The van der Waals surface area contributed by atoms with Crippen LogP contribution in [0.25, 0.3) is 0 Å². The Morgan fingerprint density at radius 1 is 1.18 bits per heavy atom. The zero-order valence-electron chi connectivity index (χ0n) is 16.0. The Morgan fingerprint density at radius 2 is 1.86 bits per heavy atom. The van der Waals surface area contributed by atoms with Gasteiger partial charge in [-0.15, -0.1) is 0 Å². The second kappa shape index (κ2) is 10.5. The number of carbonyl (C=O) groups is 2. The van der Waals surface area contributed by atoms with Crippen molar-refractivity contribution in [3.8, 4) is 0 Å². The minimum absolute atomic E-state index is 0.0276. The van der Waals surface area contributed by atoms with E-state index in [4.69, 9.17) is 5.11 Å². The molecule has 1 saturated heterocycles. The van der Waals surface area contributed by atoms with E-state index in [2.05, 4.69) is 0 Å². The second-order valence-electron chi connectivity index (χ2n) is 7.42. The molecule has 2 atom stereocenters. The number of aliphatic carboxylic acids is 1. The third-order valence-electron chi connectivity index (χ3n) is 5.34. The topological polar surface area (TPSA) is 77.8 Å². The van der Waals surface area contributed by atoms with E-state index >= 15 is 0 Å². The summed E-state index contributed by atoms with van der Waals surface area (Å²) in [6.45, 7) is 0.557. The number of hydrogen-bond donors (Lipinski definition) is 2. The number of carbonyl (C=O) groups excluding carboxylic acids is 1. The van der Waals surface area contributed by atoms with Gasteiger partial charge in [-0.25, -0.2) is 0 Å². The van der Waals surface area contributed by atoms with E-state index in [-0.39, 0.29) is 30.4 Å². The fourth-order valence-electron chi connectivity index (χ4n) is 3.70. The Hall–Kier alpha value is -2.02. The molecule has 0 aromatic heterocycles. The van der Waals surface area contributed by atoms with Gasteiger partial charge < -0.3 is 15.1 Å². The molecule has 0 aliphatic carbocycles. The van der Waals surface area contributed by atoms with Crippen LogP contribution in [0, 0.1) is 0 Å². The van der Waals surface area contributed by atoms with E-state index < -0.39 is 18.0 Å². The molecule has 1 aromatic rings. The molecule has 2 rings (SSSR count). The van der Waals surface area contributed by atoms with E-state index in [1.165, 1.54) is 24.3 Å². The number of unbranched alkanes of at least 4 members (excludes halogenated alkanes) is 3. The van der Waals surface area contributed by atoms with Gasteiger partial charge in [-0.2, -0.15) is 8.78 Å². The molecule has 1 fully saturated rings. The summed E-state index contributed by atoms with van der Waals surface area (Å²) in [7, 11) is 0. The van der Waals surface area contributed by atoms with Crippen molar-refractivity contribution in [1.29, 1.82) is 0 Å². The Bertz CT molecular complexity index is 639. The zero-order chi connectivity index (χ0) is 20.6. The number of alkyl halides is 2. The lowest BCUT2D eigenvalue weighted by Gasteiger charge is -2.28. The SMILES string of the molecule is O=C(O)CCCCCCN1C(=O)CC[C@@H]1CC[C@@H](O)C(F)(F)c1ccccc1. The number of carboxylic acids is 1. The van der Waals surface area contributed by atoms with Crippen LogP contribution in [0.1, 0.15) is 63.4 Å². The number of benzene rings is 1. The lowest BCUT2D eigenvalue weighted by atomic mass is 9.97. The van der Waals surface area contributed by atoms with Crippen molar-refractivity contribution in [2.45, 2.75) is 75.9 Å². The highest BCUT2D eigenvalue weighted by atomic mass is 19.3. The van der Waals surface area contributed by atoms with Crippen molar-refractivity contribution in [2.75, 3.05) is 6.54 Å². The van der Waals surface area contributed by atoms with Gasteiger partial charge in [0, 0.05) is 31.0 Å². The summed E-state index contributed by atoms with van der Waals surface area (Å²) in [6.07, 6.45) is 2.68. The molecule has 5 nitrogen and oxygen atoms in total.